The lowest BCUT2D eigenvalue weighted by Gasteiger charge is -2.24. The minimum absolute atomic E-state index is 0.171. The van der Waals surface area contributed by atoms with Crippen LogP contribution in [0.4, 0.5) is 0 Å². The fourth-order valence-corrected chi connectivity index (χ4v) is 2.74. The van der Waals surface area contributed by atoms with Crippen LogP contribution in [-0.2, 0) is 5.41 Å². The number of hydrogen-bond donors (Lipinski definition) is 2. The van der Waals surface area contributed by atoms with Crippen LogP contribution in [0.15, 0.2) is 24.3 Å². The number of aliphatic hydroxyl groups excluding tert-OH is 1. The van der Waals surface area contributed by atoms with Crippen molar-refractivity contribution in [1.82, 2.24) is 5.32 Å². The molecule has 2 heteroatoms. The fourth-order valence-electron chi connectivity index (χ4n) is 2.74. The highest BCUT2D eigenvalue weighted by Gasteiger charge is 2.22. The molecule has 1 saturated heterocycles. The van der Waals surface area contributed by atoms with E-state index in [0.717, 1.165) is 18.5 Å². The second-order valence-corrected chi connectivity index (χ2v) is 6.73. The molecule has 2 nitrogen and oxygen atoms in total. The number of benzene rings is 1. The van der Waals surface area contributed by atoms with Crippen LogP contribution in [0.1, 0.15) is 63.7 Å². The van der Waals surface area contributed by atoms with Crippen LogP contribution in [0.3, 0.4) is 0 Å². The zero-order chi connectivity index (χ0) is 13.9. The largest absolute Gasteiger partial charge is 0.387 e. The molecule has 2 N–H and O–H groups in total. The summed E-state index contributed by atoms with van der Waals surface area (Å²) in [7, 11) is 0. The molecule has 0 bridgehead atoms. The number of hydrogen-bond acceptors (Lipinski definition) is 2. The molecule has 0 aliphatic carbocycles. The Labute approximate surface area is 117 Å². The predicted molar refractivity (Wildman–Crippen MR) is 80.4 cm³/mol. The Morgan fingerprint density at radius 3 is 2.42 bits per heavy atom. The van der Waals surface area contributed by atoms with E-state index < -0.39 is 0 Å². The van der Waals surface area contributed by atoms with Crippen molar-refractivity contribution < 1.29 is 5.11 Å². The van der Waals surface area contributed by atoms with Gasteiger partial charge in [-0.15, -0.1) is 0 Å². The Kier molecular flexibility index (Phi) is 4.64. The van der Waals surface area contributed by atoms with E-state index in [1.165, 1.54) is 24.8 Å². The van der Waals surface area contributed by atoms with Crippen molar-refractivity contribution in [2.45, 2.75) is 64.0 Å². The van der Waals surface area contributed by atoms with Gasteiger partial charge in [-0.05, 0) is 35.9 Å². The SMILES string of the molecule is CC(C)(C)c1ccc(C(O)C2CCCCCN2)cc1. The first-order valence-electron chi connectivity index (χ1n) is 7.50. The molecule has 2 atom stereocenters. The minimum Gasteiger partial charge on any atom is -0.387 e. The second kappa shape index (κ2) is 6.06. The number of rotatable bonds is 2. The average Bonchev–Trinajstić information content (AvgIpc) is 2.66. The van der Waals surface area contributed by atoms with Gasteiger partial charge in [-0.25, -0.2) is 0 Å². The monoisotopic (exact) mass is 261 g/mol. The fraction of sp³-hybridized carbons (Fsp3) is 0.647. The summed E-state index contributed by atoms with van der Waals surface area (Å²) in [5.41, 5.74) is 2.52. The number of nitrogens with one attached hydrogen (secondary N) is 1. The van der Waals surface area contributed by atoms with E-state index in [1.807, 2.05) is 0 Å². The molecule has 0 aromatic heterocycles. The molecular weight excluding hydrogens is 234 g/mol. The van der Waals surface area contributed by atoms with Crippen molar-refractivity contribution in [2.75, 3.05) is 6.54 Å². The summed E-state index contributed by atoms with van der Waals surface area (Å²) in [4.78, 5) is 0. The summed E-state index contributed by atoms with van der Waals surface area (Å²) in [6.07, 6.45) is 4.41. The summed E-state index contributed by atoms with van der Waals surface area (Å²) >= 11 is 0. The second-order valence-electron chi connectivity index (χ2n) is 6.73. The summed E-state index contributed by atoms with van der Waals surface area (Å²) in [6.45, 7) is 7.67. The molecule has 0 radical (unpaired) electrons. The summed E-state index contributed by atoms with van der Waals surface area (Å²) < 4.78 is 0. The maximum atomic E-state index is 10.5. The van der Waals surface area contributed by atoms with E-state index in [9.17, 15) is 5.11 Å². The summed E-state index contributed by atoms with van der Waals surface area (Å²) in [6, 6.07) is 8.67. The number of aliphatic hydroxyl groups is 1. The molecular formula is C17H27NO. The van der Waals surface area contributed by atoms with Gasteiger partial charge in [0.1, 0.15) is 0 Å². The third-order valence-electron chi connectivity index (χ3n) is 4.10. The molecule has 0 spiro atoms. The van der Waals surface area contributed by atoms with Gasteiger partial charge in [0.05, 0.1) is 6.10 Å². The van der Waals surface area contributed by atoms with Crippen LogP contribution >= 0.6 is 0 Å². The van der Waals surface area contributed by atoms with Crippen LogP contribution in [-0.4, -0.2) is 17.7 Å². The van der Waals surface area contributed by atoms with Crippen molar-refractivity contribution in [1.29, 1.82) is 0 Å². The molecule has 1 aromatic rings. The Balaban J connectivity index is 2.08. The first kappa shape index (κ1) is 14.5. The lowest BCUT2D eigenvalue weighted by Crippen LogP contribution is -2.34. The van der Waals surface area contributed by atoms with Gasteiger partial charge in [0.25, 0.3) is 0 Å². The van der Waals surface area contributed by atoms with Crippen molar-refractivity contribution in [2.24, 2.45) is 0 Å². The average molecular weight is 261 g/mol. The third-order valence-corrected chi connectivity index (χ3v) is 4.10. The normalized spacial score (nSPS) is 22.8. The molecule has 1 fully saturated rings. The summed E-state index contributed by atoms with van der Waals surface area (Å²) in [5, 5.41) is 14.0. The van der Waals surface area contributed by atoms with Crippen LogP contribution in [0.25, 0.3) is 0 Å². The van der Waals surface area contributed by atoms with E-state index in [0.29, 0.717) is 0 Å². The molecule has 1 aromatic carbocycles. The highest BCUT2D eigenvalue weighted by atomic mass is 16.3. The molecule has 2 unspecified atom stereocenters. The van der Waals surface area contributed by atoms with Gasteiger partial charge in [-0.1, -0.05) is 57.9 Å². The van der Waals surface area contributed by atoms with Gasteiger partial charge >= 0.3 is 0 Å². The maximum Gasteiger partial charge on any atom is 0.0942 e. The standard InChI is InChI=1S/C17H27NO/c1-17(2,3)14-10-8-13(9-11-14)16(19)15-7-5-4-6-12-18-15/h8-11,15-16,18-19H,4-7,12H2,1-3H3. The summed E-state index contributed by atoms with van der Waals surface area (Å²) in [5.74, 6) is 0. The zero-order valence-corrected chi connectivity index (χ0v) is 12.4. The molecule has 0 amide bonds. The Hall–Kier alpha value is -0.860. The zero-order valence-electron chi connectivity index (χ0n) is 12.4. The van der Waals surface area contributed by atoms with Crippen LogP contribution in [0.5, 0.6) is 0 Å². The molecule has 0 saturated carbocycles. The van der Waals surface area contributed by atoms with Crippen molar-refractivity contribution in [3.05, 3.63) is 35.4 Å². The molecule has 1 aliphatic heterocycles. The third kappa shape index (κ3) is 3.80. The molecule has 1 heterocycles. The topological polar surface area (TPSA) is 32.3 Å². The lowest BCUT2D eigenvalue weighted by molar-refractivity contribution is 0.126. The van der Waals surface area contributed by atoms with Gasteiger partial charge in [-0.3, -0.25) is 0 Å². The molecule has 2 rings (SSSR count). The van der Waals surface area contributed by atoms with E-state index in [1.54, 1.807) is 0 Å². The van der Waals surface area contributed by atoms with Gasteiger partial charge in [0.2, 0.25) is 0 Å². The van der Waals surface area contributed by atoms with Crippen LogP contribution in [0.2, 0.25) is 0 Å². The quantitative estimate of drug-likeness (QED) is 0.853. The Bertz CT molecular complexity index is 383. The first-order valence-corrected chi connectivity index (χ1v) is 7.50. The van der Waals surface area contributed by atoms with E-state index in [2.05, 4.69) is 50.4 Å². The smallest absolute Gasteiger partial charge is 0.0942 e. The Morgan fingerprint density at radius 2 is 1.79 bits per heavy atom. The predicted octanol–water partition coefficient (Wildman–Crippen LogP) is 3.55. The van der Waals surface area contributed by atoms with Crippen molar-refractivity contribution in [3.8, 4) is 0 Å². The minimum atomic E-state index is -0.382. The first-order chi connectivity index (χ1) is 8.98. The lowest BCUT2D eigenvalue weighted by atomic mass is 9.86. The highest BCUT2D eigenvalue weighted by Crippen LogP contribution is 2.26. The van der Waals surface area contributed by atoms with E-state index in [4.69, 9.17) is 0 Å². The van der Waals surface area contributed by atoms with Gasteiger partial charge in [0, 0.05) is 6.04 Å². The van der Waals surface area contributed by atoms with Gasteiger partial charge in [0.15, 0.2) is 0 Å². The molecule has 1 aliphatic rings. The van der Waals surface area contributed by atoms with Crippen molar-refractivity contribution in [3.63, 3.8) is 0 Å². The molecule has 19 heavy (non-hydrogen) atoms. The highest BCUT2D eigenvalue weighted by molar-refractivity contribution is 5.29. The van der Waals surface area contributed by atoms with E-state index >= 15 is 0 Å². The van der Waals surface area contributed by atoms with Gasteiger partial charge in [-0.2, -0.15) is 0 Å². The maximum absolute atomic E-state index is 10.5. The van der Waals surface area contributed by atoms with Crippen molar-refractivity contribution >= 4 is 0 Å². The molecule has 106 valence electrons. The van der Waals surface area contributed by atoms with Gasteiger partial charge < -0.3 is 10.4 Å². The van der Waals surface area contributed by atoms with E-state index in [-0.39, 0.29) is 17.6 Å². The Morgan fingerprint density at radius 1 is 1.11 bits per heavy atom. The van der Waals surface area contributed by atoms with Crippen LogP contribution in [0, 0.1) is 0 Å². The van der Waals surface area contributed by atoms with Crippen LogP contribution < -0.4 is 5.32 Å².